The van der Waals surface area contributed by atoms with Gasteiger partial charge < -0.3 is 20.1 Å². The number of aromatic nitrogens is 1. The summed E-state index contributed by atoms with van der Waals surface area (Å²) in [6.45, 7) is 0.324. The summed E-state index contributed by atoms with van der Waals surface area (Å²) < 4.78 is 10.7. The zero-order valence-electron chi connectivity index (χ0n) is 17.7. The number of pyridine rings is 1. The molecule has 162 valence electrons. The quantitative estimate of drug-likeness (QED) is 0.387. The number of rotatable bonds is 7. The number of amides is 1. The molecule has 0 aliphatic rings. The molecule has 0 atom stereocenters. The van der Waals surface area contributed by atoms with Gasteiger partial charge in [0.2, 0.25) is 0 Å². The Kier molecular flexibility index (Phi) is 6.42. The van der Waals surface area contributed by atoms with E-state index in [0.717, 1.165) is 10.9 Å². The fourth-order valence-electron chi connectivity index (χ4n) is 3.38. The first-order valence-corrected chi connectivity index (χ1v) is 10.4. The minimum absolute atomic E-state index is 0.215. The fraction of sp³-hybridized carbons (Fsp3) is 0.120. The molecule has 0 bridgehead atoms. The number of nitrogens with one attached hydrogen (secondary N) is 2. The monoisotopic (exact) mass is 447 g/mol. The second-order valence-corrected chi connectivity index (χ2v) is 7.44. The Bertz CT molecular complexity index is 1280. The number of halogens is 1. The van der Waals surface area contributed by atoms with E-state index in [1.165, 1.54) is 0 Å². The molecule has 0 saturated carbocycles. The second kappa shape index (κ2) is 9.58. The highest BCUT2D eigenvalue weighted by Gasteiger charge is 2.15. The maximum atomic E-state index is 13.1. The van der Waals surface area contributed by atoms with Gasteiger partial charge in [-0.25, -0.2) is 4.98 Å². The maximum absolute atomic E-state index is 13.1. The van der Waals surface area contributed by atoms with Crippen LogP contribution in [0.3, 0.4) is 0 Å². The molecule has 2 N–H and O–H groups in total. The average molecular weight is 448 g/mol. The molecule has 6 nitrogen and oxygen atoms in total. The van der Waals surface area contributed by atoms with Gasteiger partial charge in [0.25, 0.3) is 5.91 Å². The molecule has 0 aliphatic carbocycles. The topological polar surface area (TPSA) is 72.5 Å². The molecule has 4 rings (SSSR count). The summed E-state index contributed by atoms with van der Waals surface area (Å²) in [5, 5.41) is 7.58. The highest BCUT2D eigenvalue weighted by atomic mass is 35.5. The van der Waals surface area contributed by atoms with Crippen LogP contribution in [0, 0.1) is 0 Å². The fourth-order valence-corrected chi connectivity index (χ4v) is 3.58. The molecule has 0 unspecified atom stereocenters. The molecule has 4 aromatic rings. The van der Waals surface area contributed by atoms with Crippen molar-refractivity contribution in [2.75, 3.05) is 19.5 Å². The third kappa shape index (κ3) is 4.60. The Balaban J connectivity index is 1.66. The van der Waals surface area contributed by atoms with Crippen LogP contribution in [0.1, 0.15) is 15.9 Å². The summed E-state index contributed by atoms with van der Waals surface area (Å²) in [4.78, 5) is 17.8. The molecule has 7 heteroatoms. The summed E-state index contributed by atoms with van der Waals surface area (Å²) in [6, 6.07) is 22.1. The van der Waals surface area contributed by atoms with E-state index < -0.39 is 0 Å². The molecule has 1 aromatic heterocycles. The highest BCUT2D eigenvalue weighted by molar-refractivity contribution is 6.31. The van der Waals surface area contributed by atoms with Crippen LogP contribution in [-0.2, 0) is 6.54 Å². The normalized spacial score (nSPS) is 10.6. The van der Waals surface area contributed by atoms with Crippen LogP contribution in [-0.4, -0.2) is 25.1 Å². The summed E-state index contributed by atoms with van der Waals surface area (Å²) in [6.07, 6.45) is 0. The molecule has 0 fully saturated rings. The van der Waals surface area contributed by atoms with E-state index in [1.807, 2.05) is 54.6 Å². The number of hydrogen-bond donors (Lipinski definition) is 2. The van der Waals surface area contributed by atoms with Crippen molar-refractivity contribution < 1.29 is 14.3 Å². The number of ether oxygens (including phenoxy) is 2. The van der Waals surface area contributed by atoms with Crippen molar-refractivity contribution in [2.24, 2.45) is 0 Å². The van der Waals surface area contributed by atoms with Gasteiger partial charge in [-0.15, -0.1) is 0 Å². The van der Waals surface area contributed by atoms with Crippen LogP contribution in [0.15, 0.2) is 72.8 Å². The number of carbonyl (C=O) groups excluding carboxylic acids is 1. The predicted molar refractivity (Wildman–Crippen MR) is 127 cm³/mol. The van der Waals surface area contributed by atoms with Gasteiger partial charge >= 0.3 is 0 Å². The van der Waals surface area contributed by atoms with Gasteiger partial charge in [-0.3, -0.25) is 4.79 Å². The Morgan fingerprint density at radius 1 is 0.969 bits per heavy atom. The lowest BCUT2D eigenvalue weighted by Gasteiger charge is -2.14. The molecule has 32 heavy (non-hydrogen) atoms. The van der Waals surface area contributed by atoms with E-state index in [4.69, 9.17) is 21.1 Å². The van der Waals surface area contributed by atoms with Crippen LogP contribution < -0.4 is 20.1 Å². The van der Waals surface area contributed by atoms with E-state index in [9.17, 15) is 4.79 Å². The minimum atomic E-state index is -0.215. The average Bonchev–Trinajstić information content (AvgIpc) is 2.83. The van der Waals surface area contributed by atoms with Crippen molar-refractivity contribution in [3.63, 3.8) is 0 Å². The highest BCUT2D eigenvalue weighted by Crippen LogP contribution is 2.32. The van der Waals surface area contributed by atoms with E-state index in [-0.39, 0.29) is 5.91 Å². The van der Waals surface area contributed by atoms with E-state index in [2.05, 4.69) is 15.6 Å². The first kappa shape index (κ1) is 21.5. The van der Waals surface area contributed by atoms with Gasteiger partial charge in [0, 0.05) is 23.0 Å². The molecule has 1 amide bonds. The van der Waals surface area contributed by atoms with Crippen LogP contribution >= 0.6 is 11.6 Å². The second-order valence-electron chi connectivity index (χ2n) is 7.04. The Morgan fingerprint density at radius 3 is 2.53 bits per heavy atom. The van der Waals surface area contributed by atoms with Gasteiger partial charge in [-0.05, 0) is 35.9 Å². The molecule has 0 radical (unpaired) electrons. The third-order valence-electron chi connectivity index (χ3n) is 5.03. The Labute approximate surface area is 191 Å². The number of fused-ring (bicyclic) bond motifs is 1. The summed E-state index contributed by atoms with van der Waals surface area (Å²) in [5.41, 5.74) is 2.77. The Morgan fingerprint density at radius 2 is 1.75 bits per heavy atom. The number of anilines is 2. The van der Waals surface area contributed by atoms with E-state index in [0.29, 0.717) is 45.7 Å². The van der Waals surface area contributed by atoms with Crippen LogP contribution in [0.25, 0.3) is 10.9 Å². The number of nitrogens with zero attached hydrogens (tertiary/aromatic N) is 1. The number of para-hydroxylation sites is 1. The van der Waals surface area contributed by atoms with Crippen molar-refractivity contribution in [3.8, 4) is 11.5 Å². The standard InChI is InChI=1S/C25H22ClN3O3/c1-31-17-11-12-22(23(13-17)32-2)29-24-14-19(18-8-4-6-10-21(18)28-24)25(30)27-15-16-7-3-5-9-20(16)26/h3-14H,15H2,1-2H3,(H,27,30)(H,28,29). The predicted octanol–water partition coefficient (Wildman–Crippen LogP) is 5.58. The van der Waals surface area contributed by atoms with E-state index >= 15 is 0 Å². The molecule has 1 heterocycles. The molecule has 3 aromatic carbocycles. The summed E-state index contributed by atoms with van der Waals surface area (Å²) in [5.74, 6) is 1.59. The molecule has 0 saturated heterocycles. The summed E-state index contributed by atoms with van der Waals surface area (Å²) >= 11 is 6.22. The molecule has 0 aliphatic heterocycles. The largest absolute Gasteiger partial charge is 0.497 e. The number of methoxy groups -OCH3 is 2. The van der Waals surface area contributed by atoms with Gasteiger partial charge in [-0.1, -0.05) is 48.0 Å². The third-order valence-corrected chi connectivity index (χ3v) is 5.40. The number of hydrogen-bond acceptors (Lipinski definition) is 5. The first-order valence-electron chi connectivity index (χ1n) is 9.99. The van der Waals surface area contributed by atoms with Gasteiger partial charge in [0.05, 0.1) is 31.0 Å². The van der Waals surface area contributed by atoms with Gasteiger partial charge in [0.1, 0.15) is 17.3 Å². The number of benzene rings is 3. The SMILES string of the molecule is COc1ccc(Nc2cc(C(=O)NCc3ccccc3Cl)c3ccccc3n2)c(OC)c1. The van der Waals surface area contributed by atoms with E-state index in [1.54, 1.807) is 32.4 Å². The number of carbonyl (C=O) groups is 1. The lowest BCUT2D eigenvalue weighted by Crippen LogP contribution is -2.23. The van der Waals surface area contributed by atoms with Crippen LogP contribution in [0.2, 0.25) is 5.02 Å². The zero-order valence-corrected chi connectivity index (χ0v) is 18.4. The lowest BCUT2D eigenvalue weighted by atomic mass is 10.1. The van der Waals surface area contributed by atoms with Gasteiger partial charge in [0.15, 0.2) is 0 Å². The molecule has 0 spiro atoms. The van der Waals surface area contributed by atoms with Crippen LogP contribution in [0.5, 0.6) is 11.5 Å². The van der Waals surface area contributed by atoms with Crippen LogP contribution in [0.4, 0.5) is 11.5 Å². The van der Waals surface area contributed by atoms with Gasteiger partial charge in [-0.2, -0.15) is 0 Å². The minimum Gasteiger partial charge on any atom is -0.497 e. The zero-order chi connectivity index (χ0) is 22.5. The summed E-state index contributed by atoms with van der Waals surface area (Å²) in [7, 11) is 3.18. The lowest BCUT2D eigenvalue weighted by molar-refractivity contribution is 0.0952. The molecular formula is C25H22ClN3O3. The smallest absolute Gasteiger partial charge is 0.252 e. The van der Waals surface area contributed by atoms with Crippen molar-refractivity contribution in [3.05, 3.63) is 88.9 Å². The van der Waals surface area contributed by atoms with Crippen molar-refractivity contribution in [1.29, 1.82) is 0 Å². The molecular weight excluding hydrogens is 426 g/mol. The van der Waals surface area contributed by atoms with Crippen molar-refractivity contribution in [1.82, 2.24) is 10.3 Å². The van der Waals surface area contributed by atoms with Crippen molar-refractivity contribution in [2.45, 2.75) is 6.54 Å². The maximum Gasteiger partial charge on any atom is 0.252 e. The first-order chi connectivity index (χ1) is 15.6. The Hall–Kier alpha value is -3.77. The van der Waals surface area contributed by atoms with Crippen molar-refractivity contribution >= 4 is 39.9 Å².